The molecule has 0 heterocycles. The van der Waals surface area contributed by atoms with Crippen LogP contribution in [0.25, 0.3) is 0 Å². The number of hydrogen-bond acceptors (Lipinski definition) is 3. The van der Waals surface area contributed by atoms with Crippen molar-refractivity contribution < 1.29 is 14.6 Å². The van der Waals surface area contributed by atoms with E-state index in [-0.39, 0.29) is 0 Å². The molecule has 0 radical (unpaired) electrons. The van der Waals surface area contributed by atoms with E-state index in [1.165, 1.54) is 7.11 Å². The summed E-state index contributed by atoms with van der Waals surface area (Å²) in [7, 11) is 1.48. The van der Waals surface area contributed by atoms with Crippen LogP contribution in [0.1, 0.15) is 6.92 Å². The molecule has 0 aliphatic carbocycles. The zero-order valence-corrected chi connectivity index (χ0v) is 7.48. The van der Waals surface area contributed by atoms with Crippen LogP contribution in [0.2, 0.25) is 0 Å². The molecule has 0 aromatic heterocycles. The number of hydrogen-bond donors (Lipinski definition) is 1. The zero-order valence-electron chi connectivity index (χ0n) is 6.66. The van der Waals surface area contributed by atoms with Crippen molar-refractivity contribution in [3.8, 4) is 0 Å². The van der Waals surface area contributed by atoms with Crippen LogP contribution in [-0.4, -0.2) is 29.7 Å². The SMILES string of the molecule is CCSC/C(=C/C(=O)O)OC. The number of aliphatic carboxylic acids is 1. The number of carboxylic acid groups (broad SMARTS) is 1. The standard InChI is InChI=1S/C7H12O3S/c1-3-11-5-6(10-2)4-7(8)9/h4H,3,5H2,1-2H3,(H,8,9)/b6-4-. The van der Waals surface area contributed by atoms with Crippen LogP contribution in [0.3, 0.4) is 0 Å². The molecule has 3 nitrogen and oxygen atoms in total. The van der Waals surface area contributed by atoms with E-state index in [9.17, 15) is 4.79 Å². The van der Waals surface area contributed by atoms with E-state index in [4.69, 9.17) is 9.84 Å². The first-order valence-corrected chi connectivity index (χ1v) is 4.41. The molecule has 0 aromatic carbocycles. The fourth-order valence-electron chi connectivity index (χ4n) is 0.500. The van der Waals surface area contributed by atoms with Gasteiger partial charge in [0.05, 0.1) is 18.9 Å². The van der Waals surface area contributed by atoms with E-state index in [1.807, 2.05) is 6.92 Å². The minimum atomic E-state index is -0.960. The van der Waals surface area contributed by atoms with Crippen molar-refractivity contribution in [3.63, 3.8) is 0 Å². The molecule has 0 saturated carbocycles. The highest BCUT2D eigenvalue weighted by atomic mass is 32.2. The lowest BCUT2D eigenvalue weighted by molar-refractivity contribution is -0.131. The molecule has 1 N–H and O–H groups in total. The van der Waals surface area contributed by atoms with Crippen LogP contribution in [0, 0.1) is 0 Å². The summed E-state index contributed by atoms with van der Waals surface area (Å²) in [5.74, 6) is 1.13. The molecule has 0 aliphatic heterocycles. The minimum absolute atomic E-state index is 0.504. The maximum atomic E-state index is 10.2. The van der Waals surface area contributed by atoms with Crippen LogP contribution in [0.4, 0.5) is 0 Å². The van der Waals surface area contributed by atoms with Gasteiger partial charge in [-0.25, -0.2) is 4.79 Å². The van der Waals surface area contributed by atoms with Crippen LogP contribution in [0.15, 0.2) is 11.8 Å². The predicted molar refractivity (Wildman–Crippen MR) is 45.7 cm³/mol. The van der Waals surface area contributed by atoms with Gasteiger partial charge in [-0.15, -0.1) is 0 Å². The maximum Gasteiger partial charge on any atom is 0.331 e. The molecule has 0 aromatic rings. The number of rotatable bonds is 5. The largest absolute Gasteiger partial charge is 0.500 e. The van der Waals surface area contributed by atoms with Gasteiger partial charge in [-0.1, -0.05) is 6.92 Å². The molecule has 0 unspecified atom stereocenters. The Morgan fingerprint density at radius 3 is 2.73 bits per heavy atom. The third-order valence-electron chi connectivity index (χ3n) is 0.995. The summed E-state index contributed by atoms with van der Waals surface area (Å²) >= 11 is 1.63. The summed E-state index contributed by atoms with van der Waals surface area (Å²) in [6.07, 6.45) is 1.09. The highest BCUT2D eigenvalue weighted by Gasteiger charge is 1.98. The summed E-state index contributed by atoms with van der Waals surface area (Å²) in [6, 6.07) is 0. The number of methoxy groups -OCH3 is 1. The number of carbonyl (C=O) groups is 1. The van der Waals surface area contributed by atoms with E-state index in [1.54, 1.807) is 11.8 Å². The fourth-order valence-corrected chi connectivity index (χ4v) is 1.11. The molecular formula is C7H12O3S. The van der Waals surface area contributed by atoms with E-state index >= 15 is 0 Å². The Hall–Kier alpha value is -0.640. The lowest BCUT2D eigenvalue weighted by Gasteiger charge is -2.02. The molecule has 0 atom stereocenters. The lowest BCUT2D eigenvalue weighted by atomic mass is 10.5. The second kappa shape index (κ2) is 6.09. The number of ether oxygens (including phenoxy) is 1. The topological polar surface area (TPSA) is 46.5 Å². The van der Waals surface area contributed by atoms with Gasteiger partial charge in [-0.05, 0) is 5.75 Å². The molecule has 0 rings (SSSR count). The van der Waals surface area contributed by atoms with Crippen LogP contribution in [-0.2, 0) is 9.53 Å². The Morgan fingerprint density at radius 2 is 2.36 bits per heavy atom. The molecule has 0 bridgehead atoms. The molecule has 11 heavy (non-hydrogen) atoms. The van der Waals surface area contributed by atoms with E-state index in [0.717, 1.165) is 11.8 Å². The Labute approximate surface area is 70.4 Å². The van der Waals surface area contributed by atoms with Crippen molar-refractivity contribution in [1.29, 1.82) is 0 Å². The number of thioether (sulfide) groups is 1. The Kier molecular flexibility index (Phi) is 5.74. The normalized spacial score (nSPS) is 11.3. The Balaban J connectivity index is 3.84. The summed E-state index contributed by atoms with van der Waals surface area (Å²) in [6.45, 7) is 2.01. The Morgan fingerprint density at radius 1 is 1.73 bits per heavy atom. The lowest BCUT2D eigenvalue weighted by Crippen LogP contribution is -1.97. The molecule has 0 saturated heterocycles. The van der Waals surface area contributed by atoms with Gasteiger partial charge < -0.3 is 9.84 Å². The summed E-state index contributed by atoms with van der Waals surface area (Å²) in [4.78, 5) is 10.2. The predicted octanol–water partition coefficient (Wildman–Crippen LogP) is 1.35. The van der Waals surface area contributed by atoms with Gasteiger partial charge in [0.25, 0.3) is 0 Å². The van der Waals surface area contributed by atoms with Gasteiger partial charge in [-0.2, -0.15) is 11.8 Å². The third kappa shape index (κ3) is 5.79. The molecular weight excluding hydrogens is 164 g/mol. The second-order valence-electron chi connectivity index (χ2n) is 1.79. The quantitative estimate of drug-likeness (QED) is 0.507. The van der Waals surface area contributed by atoms with Crippen molar-refractivity contribution >= 4 is 17.7 Å². The van der Waals surface area contributed by atoms with E-state index < -0.39 is 5.97 Å². The van der Waals surface area contributed by atoms with Crippen LogP contribution >= 0.6 is 11.8 Å². The van der Waals surface area contributed by atoms with Gasteiger partial charge in [0.15, 0.2) is 0 Å². The smallest absolute Gasteiger partial charge is 0.331 e. The molecule has 64 valence electrons. The first-order chi connectivity index (χ1) is 5.20. The highest BCUT2D eigenvalue weighted by molar-refractivity contribution is 7.99. The summed E-state index contributed by atoms with van der Waals surface area (Å²) in [5.41, 5.74) is 0. The molecule has 0 fully saturated rings. The average Bonchev–Trinajstić information content (AvgIpc) is 1.97. The monoisotopic (exact) mass is 176 g/mol. The van der Waals surface area contributed by atoms with Gasteiger partial charge in [0.1, 0.15) is 5.76 Å². The maximum absolute atomic E-state index is 10.2. The van der Waals surface area contributed by atoms with Crippen molar-refractivity contribution in [2.45, 2.75) is 6.92 Å². The van der Waals surface area contributed by atoms with Crippen LogP contribution in [0.5, 0.6) is 0 Å². The average molecular weight is 176 g/mol. The Bertz CT molecular complexity index is 154. The van der Waals surface area contributed by atoms with Crippen molar-refractivity contribution in [3.05, 3.63) is 11.8 Å². The van der Waals surface area contributed by atoms with Crippen molar-refractivity contribution in [1.82, 2.24) is 0 Å². The first-order valence-electron chi connectivity index (χ1n) is 3.26. The zero-order chi connectivity index (χ0) is 8.69. The molecule has 0 amide bonds. The highest BCUT2D eigenvalue weighted by Crippen LogP contribution is 2.07. The number of carboxylic acids is 1. The second-order valence-corrected chi connectivity index (χ2v) is 3.06. The molecule has 0 spiro atoms. The van der Waals surface area contributed by atoms with Crippen molar-refractivity contribution in [2.24, 2.45) is 0 Å². The van der Waals surface area contributed by atoms with Crippen LogP contribution < -0.4 is 0 Å². The first kappa shape index (κ1) is 10.4. The fraction of sp³-hybridized carbons (Fsp3) is 0.571. The third-order valence-corrected chi connectivity index (χ3v) is 1.89. The van der Waals surface area contributed by atoms with E-state index in [2.05, 4.69) is 0 Å². The minimum Gasteiger partial charge on any atom is -0.500 e. The summed E-state index contributed by atoms with van der Waals surface area (Å²) in [5, 5.41) is 8.35. The van der Waals surface area contributed by atoms with E-state index in [0.29, 0.717) is 11.5 Å². The van der Waals surface area contributed by atoms with Crippen molar-refractivity contribution in [2.75, 3.05) is 18.6 Å². The molecule has 4 heteroatoms. The van der Waals surface area contributed by atoms with Gasteiger partial charge in [0, 0.05) is 0 Å². The molecule has 0 aliphatic rings. The van der Waals surface area contributed by atoms with Gasteiger partial charge in [-0.3, -0.25) is 0 Å². The van der Waals surface area contributed by atoms with Gasteiger partial charge in [0.2, 0.25) is 0 Å². The summed E-state index contributed by atoms with van der Waals surface area (Å²) < 4.78 is 4.82. The van der Waals surface area contributed by atoms with Gasteiger partial charge >= 0.3 is 5.97 Å².